The number of nitrogens with zero attached hydrogens (tertiary/aromatic N) is 4. The van der Waals surface area contributed by atoms with Gasteiger partial charge in [-0.1, -0.05) is 29.5 Å². The molecule has 0 amide bonds. The van der Waals surface area contributed by atoms with E-state index in [1.165, 1.54) is 0 Å². The predicted molar refractivity (Wildman–Crippen MR) is 97.8 cm³/mol. The van der Waals surface area contributed by atoms with Crippen molar-refractivity contribution in [1.29, 1.82) is 0 Å². The van der Waals surface area contributed by atoms with Crippen LogP contribution in [0.5, 0.6) is 0 Å². The Kier molecular flexibility index (Phi) is 4.40. The molecule has 4 aromatic rings. The molecule has 0 aliphatic heterocycles. The number of aryl methyl sites for hydroxylation is 1. The Morgan fingerprint density at radius 3 is 2.69 bits per heavy atom. The molecule has 2 aromatic heterocycles. The molecule has 0 saturated heterocycles. The highest BCUT2D eigenvalue weighted by molar-refractivity contribution is 7.18. The van der Waals surface area contributed by atoms with Gasteiger partial charge in [-0.3, -0.25) is 9.59 Å². The molecule has 26 heavy (non-hydrogen) atoms. The van der Waals surface area contributed by atoms with Crippen molar-refractivity contribution < 1.29 is 9.53 Å². The average Bonchev–Trinajstić information content (AvgIpc) is 3.09. The second-order valence-corrected chi connectivity index (χ2v) is 6.75. The van der Waals surface area contributed by atoms with Gasteiger partial charge in [0.2, 0.25) is 0 Å². The molecule has 0 saturated carbocycles. The smallest absolute Gasteiger partial charge is 0.308 e. The molecule has 0 atom stereocenters. The van der Waals surface area contributed by atoms with Crippen molar-refractivity contribution in [2.75, 3.05) is 0 Å². The fourth-order valence-electron chi connectivity index (χ4n) is 2.55. The van der Waals surface area contributed by atoms with Gasteiger partial charge in [0.1, 0.15) is 5.52 Å². The maximum Gasteiger partial charge on any atom is 0.308 e. The first-order valence-electron chi connectivity index (χ1n) is 8.03. The largest absolute Gasteiger partial charge is 0.442 e. The van der Waals surface area contributed by atoms with Gasteiger partial charge in [-0.15, -0.1) is 16.4 Å². The van der Waals surface area contributed by atoms with E-state index in [0.29, 0.717) is 17.3 Å². The molecule has 0 bridgehead atoms. The molecule has 0 fully saturated rings. The van der Waals surface area contributed by atoms with Gasteiger partial charge in [-0.25, -0.2) is 4.98 Å². The van der Waals surface area contributed by atoms with Gasteiger partial charge in [-0.2, -0.15) is 4.68 Å². The van der Waals surface area contributed by atoms with Crippen LogP contribution < -0.4 is 5.56 Å². The molecule has 0 N–H and O–H groups in total. The number of benzene rings is 2. The van der Waals surface area contributed by atoms with Gasteiger partial charge in [0.05, 0.1) is 27.0 Å². The topological polar surface area (TPSA) is 87.0 Å². The molecule has 0 spiro atoms. The molecule has 0 aliphatic carbocycles. The lowest BCUT2D eigenvalue weighted by Crippen LogP contribution is -2.26. The summed E-state index contributed by atoms with van der Waals surface area (Å²) in [6, 6.07) is 14.7. The van der Waals surface area contributed by atoms with E-state index < -0.39 is 5.97 Å². The van der Waals surface area contributed by atoms with Gasteiger partial charge >= 0.3 is 5.97 Å². The number of carbonyl (C=O) groups excluding carboxylic acids is 1. The quantitative estimate of drug-likeness (QED) is 0.505. The Labute approximate surface area is 151 Å². The lowest BCUT2D eigenvalue weighted by atomic mass is 10.2. The SMILES string of the molecule is O=C(CCc1nc2ccccc2s1)OCn1nnc2ccccc2c1=O. The monoisotopic (exact) mass is 366 g/mol. The predicted octanol–water partition coefficient (Wildman–Crippen LogP) is 2.53. The van der Waals surface area contributed by atoms with Crippen molar-refractivity contribution in [1.82, 2.24) is 20.0 Å². The zero-order valence-corrected chi connectivity index (χ0v) is 14.5. The van der Waals surface area contributed by atoms with Crippen LogP contribution in [-0.4, -0.2) is 25.9 Å². The average molecular weight is 366 g/mol. The van der Waals surface area contributed by atoms with Crippen LogP contribution in [0.15, 0.2) is 53.3 Å². The van der Waals surface area contributed by atoms with Crippen LogP contribution in [0.4, 0.5) is 0 Å². The number of hydrogen-bond acceptors (Lipinski definition) is 7. The van der Waals surface area contributed by atoms with E-state index in [9.17, 15) is 9.59 Å². The summed E-state index contributed by atoms with van der Waals surface area (Å²) in [6.07, 6.45) is 0.687. The summed E-state index contributed by atoms with van der Waals surface area (Å²) in [5, 5.41) is 9.06. The zero-order valence-electron chi connectivity index (χ0n) is 13.7. The fourth-order valence-corrected chi connectivity index (χ4v) is 3.52. The van der Waals surface area contributed by atoms with Gasteiger partial charge in [0.25, 0.3) is 5.56 Å². The normalized spacial score (nSPS) is 11.1. The van der Waals surface area contributed by atoms with E-state index in [1.54, 1.807) is 35.6 Å². The maximum absolute atomic E-state index is 12.3. The highest BCUT2D eigenvalue weighted by atomic mass is 32.1. The molecule has 2 heterocycles. The minimum Gasteiger partial charge on any atom is -0.442 e. The number of fused-ring (bicyclic) bond motifs is 2. The molecule has 7 nitrogen and oxygen atoms in total. The second-order valence-electron chi connectivity index (χ2n) is 5.63. The van der Waals surface area contributed by atoms with E-state index in [4.69, 9.17) is 4.74 Å². The number of hydrogen-bond donors (Lipinski definition) is 0. The number of thiazole rings is 1. The molecule has 130 valence electrons. The summed E-state index contributed by atoms with van der Waals surface area (Å²) in [5.74, 6) is -0.411. The molecule has 8 heteroatoms. The van der Waals surface area contributed by atoms with Crippen LogP contribution in [0.2, 0.25) is 0 Å². The molecule has 4 rings (SSSR count). The summed E-state index contributed by atoms with van der Waals surface area (Å²) < 4.78 is 7.28. The van der Waals surface area contributed by atoms with Crippen molar-refractivity contribution in [2.45, 2.75) is 19.6 Å². The molecular formula is C18H14N4O3S. The van der Waals surface area contributed by atoms with Crippen LogP contribution in [0, 0.1) is 0 Å². The zero-order chi connectivity index (χ0) is 17.9. The first-order valence-corrected chi connectivity index (χ1v) is 8.85. The Hall–Kier alpha value is -3.13. The highest BCUT2D eigenvalue weighted by Crippen LogP contribution is 2.22. The number of aromatic nitrogens is 4. The third kappa shape index (κ3) is 3.31. The van der Waals surface area contributed by atoms with Crippen molar-refractivity contribution in [3.05, 3.63) is 63.9 Å². The number of esters is 1. The molecular weight excluding hydrogens is 352 g/mol. The van der Waals surface area contributed by atoms with Crippen molar-refractivity contribution in [3.8, 4) is 0 Å². The fraction of sp³-hybridized carbons (Fsp3) is 0.167. The van der Waals surface area contributed by atoms with Crippen LogP contribution in [0.1, 0.15) is 11.4 Å². The maximum atomic E-state index is 12.3. The second kappa shape index (κ2) is 7.01. The number of carbonyl (C=O) groups is 1. The summed E-state index contributed by atoms with van der Waals surface area (Å²) in [5.41, 5.74) is 1.10. The van der Waals surface area contributed by atoms with E-state index in [2.05, 4.69) is 15.3 Å². The molecule has 0 aliphatic rings. The summed E-state index contributed by atoms with van der Waals surface area (Å²) in [4.78, 5) is 28.7. The highest BCUT2D eigenvalue weighted by Gasteiger charge is 2.10. The summed E-state index contributed by atoms with van der Waals surface area (Å²) in [6.45, 7) is -0.255. The molecule has 2 aromatic carbocycles. The van der Waals surface area contributed by atoms with Crippen LogP contribution >= 0.6 is 11.3 Å². The number of para-hydroxylation sites is 1. The van der Waals surface area contributed by atoms with Crippen LogP contribution in [0.3, 0.4) is 0 Å². The van der Waals surface area contributed by atoms with Crippen LogP contribution in [0.25, 0.3) is 21.1 Å². The number of ether oxygens (including phenoxy) is 1. The van der Waals surface area contributed by atoms with Crippen molar-refractivity contribution >= 4 is 38.4 Å². The Morgan fingerprint density at radius 2 is 1.85 bits per heavy atom. The minimum atomic E-state index is -0.411. The van der Waals surface area contributed by atoms with Crippen molar-refractivity contribution in [3.63, 3.8) is 0 Å². The van der Waals surface area contributed by atoms with Gasteiger partial charge in [-0.05, 0) is 24.3 Å². The van der Waals surface area contributed by atoms with Gasteiger partial charge in [0, 0.05) is 6.42 Å². The van der Waals surface area contributed by atoms with E-state index in [-0.39, 0.29) is 18.7 Å². The summed E-state index contributed by atoms with van der Waals surface area (Å²) >= 11 is 1.56. The Morgan fingerprint density at radius 1 is 1.08 bits per heavy atom. The van der Waals surface area contributed by atoms with Gasteiger partial charge < -0.3 is 4.74 Å². The van der Waals surface area contributed by atoms with E-state index >= 15 is 0 Å². The van der Waals surface area contributed by atoms with Gasteiger partial charge in [0.15, 0.2) is 6.73 Å². The lowest BCUT2D eigenvalue weighted by molar-refractivity contribution is -0.148. The third-order valence-electron chi connectivity index (χ3n) is 3.86. The Bertz CT molecular complexity index is 1120. The van der Waals surface area contributed by atoms with Crippen molar-refractivity contribution in [2.24, 2.45) is 0 Å². The minimum absolute atomic E-state index is 0.190. The first kappa shape index (κ1) is 16.3. The third-order valence-corrected chi connectivity index (χ3v) is 4.95. The van der Waals surface area contributed by atoms with Crippen LogP contribution in [-0.2, 0) is 22.7 Å². The molecule has 0 unspecified atom stereocenters. The standard InChI is InChI=1S/C18H14N4O3S/c23-17(10-9-16-19-14-7-3-4-8-15(14)26-16)25-11-22-18(24)12-5-1-2-6-13(12)20-21-22/h1-8H,9-11H2. The Balaban J connectivity index is 1.38. The lowest BCUT2D eigenvalue weighted by Gasteiger charge is -2.06. The van der Waals surface area contributed by atoms with E-state index in [1.807, 2.05) is 24.3 Å². The van der Waals surface area contributed by atoms with E-state index in [0.717, 1.165) is 19.9 Å². The summed E-state index contributed by atoms with van der Waals surface area (Å²) in [7, 11) is 0. The first-order chi connectivity index (χ1) is 12.7. The molecule has 0 radical (unpaired) electrons. The number of rotatable bonds is 5.